The number of hydrogen-bond acceptors (Lipinski definition) is 1. The third kappa shape index (κ3) is 10.7. The Labute approximate surface area is 75.2 Å². The fourth-order valence-corrected chi connectivity index (χ4v) is 0. The van der Waals surface area contributed by atoms with Crippen molar-refractivity contribution in [3.8, 4) is 0 Å². The van der Waals surface area contributed by atoms with E-state index in [2.05, 4.69) is 0 Å². The minimum atomic E-state index is 0. The van der Waals surface area contributed by atoms with Crippen molar-refractivity contribution in [2.45, 2.75) is 13.3 Å². The third-order valence-electron chi connectivity index (χ3n) is 0.224. The van der Waals surface area contributed by atoms with Crippen LogP contribution in [0.25, 0.3) is 0 Å². The summed E-state index contributed by atoms with van der Waals surface area (Å²) in [6.07, 6.45) is 0.875. The van der Waals surface area contributed by atoms with Gasteiger partial charge >= 0.3 is 51.4 Å². The van der Waals surface area contributed by atoms with Crippen LogP contribution < -0.4 is 0 Å². The first-order chi connectivity index (χ1) is 1.91. The molecule has 0 amide bonds. The summed E-state index contributed by atoms with van der Waals surface area (Å²) in [4.78, 5) is 0. The minimum absolute atomic E-state index is 0. The van der Waals surface area contributed by atoms with Crippen LogP contribution in [-0.4, -0.2) is 63.1 Å². The molecule has 0 aromatic carbocycles. The van der Waals surface area contributed by atoms with Crippen molar-refractivity contribution >= 4 is 51.4 Å². The standard InChI is InChI=1S/C3H8O.K.H/c1-2-3-4;;/h4H,2-3H2,1H3;;. The molecule has 0 saturated heterocycles. The number of aliphatic hydroxyl groups excluding tert-OH is 1. The van der Waals surface area contributed by atoms with Crippen LogP contribution >= 0.6 is 0 Å². The predicted molar refractivity (Wildman–Crippen MR) is 24.5 cm³/mol. The SMILES string of the molecule is CCCO.[KH]. The second kappa shape index (κ2) is 9.14. The molecule has 2 heteroatoms. The molecule has 0 fully saturated rings. The summed E-state index contributed by atoms with van der Waals surface area (Å²) in [5.74, 6) is 0. The molecule has 1 nitrogen and oxygen atoms in total. The number of aliphatic hydroxyl groups is 1. The maximum atomic E-state index is 7.88. The van der Waals surface area contributed by atoms with Crippen LogP contribution in [0.3, 0.4) is 0 Å². The van der Waals surface area contributed by atoms with Crippen LogP contribution in [0.1, 0.15) is 13.3 Å². The second-order valence-corrected chi connectivity index (χ2v) is 0.724. The van der Waals surface area contributed by atoms with Crippen molar-refractivity contribution in [2.75, 3.05) is 6.61 Å². The molecule has 0 aliphatic rings. The van der Waals surface area contributed by atoms with E-state index in [9.17, 15) is 0 Å². The molecule has 0 heterocycles. The maximum absolute atomic E-state index is 7.88. The van der Waals surface area contributed by atoms with Gasteiger partial charge in [0.2, 0.25) is 0 Å². The van der Waals surface area contributed by atoms with Crippen LogP contribution in [0, 0.1) is 0 Å². The molecule has 0 unspecified atom stereocenters. The Morgan fingerprint density at radius 1 is 1.60 bits per heavy atom. The Morgan fingerprint density at radius 3 is 1.80 bits per heavy atom. The van der Waals surface area contributed by atoms with Crippen molar-refractivity contribution in [2.24, 2.45) is 0 Å². The first-order valence-electron chi connectivity index (χ1n) is 1.52. The summed E-state index contributed by atoms with van der Waals surface area (Å²) in [6.45, 7) is 2.25. The van der Waals surface area contributed by atoms with Crippen LogP contribution in [0.5, 0.6) is 0 Å². The van der Waals surface area contributed by atoms with Gasteiger partial charge in [0.25, 0.3) is 0 Å². The van der Waals surface area contributed by atoms with Gasteiger partial charge in [-0.3, -0.25) is 0 Å². The van der Waals surface area contributed by atoms with Crippen molar-refractivity contribution in [1.29, 1.82) is 0 Å². The first-order valence-corrected chi connectivity index (χ1v) is 1.52. The molecular weight excluding hydrogens is 91.1 g/mol. The van der Waals surface area contributed by atoms with E-state index in [4.69, 9.17) is 5.11 Å². The van der Waals surface area contributed by atoms with Gasteiger partial charge in [0.15, 0.2) is 0 Å². The summed E-state index contributed by atoms with van der Waals surface area (Å²) in [5.41, 5.74) is 0. The van der Waals surface area contributed by atoms with Gasteiger partial charge in [-0.25, -0.2) is 0 Å². The second-order valence-electron chi connectivity index (χ2n) is 0.724. The van der Waals surface area contributed by atoms with Crippen LogP contribution in [0.4, 0.5) is 0 Å². The molecule has 0 aromatic rings. The third-order valence-corrected chi connectivity index (χ3v) is 0.224. The van der Waals surface area contributed by atoms with Gasteiger partial charge in [0.05, 0.1) is 0 Å². The molecular formula is C3H9KO. The molecule has 0 saturated carbocycles. The monoisotopic (exact) mass is 100 g/mol. The van der Waals surface area contributed by atoms with E-state index >= 15 is 0 Å². The van der Waals surface area contributed by atoms with Gasteiger partial charge < -0.3 is 5.11 Å². The number of rotatable bonds is 1. The molecule has 28 valence electrons. The van der Waals surface area contributed by atoms with Crippen molar-refractivity contribution in [3.63, 3.8) is 0 Å². The van der Waals surface area contributed by atoms with Crippen LogP contribution in [-0.2, 0) is 0 Å². The fourth-order valence-electron chi connectivity index (χ4n) is 0. The molecule has 0 aliphatic carbocycles. The summed E-state index contributed by atoms with van der Waals surface area (Å²) < 4.78 is 0. The fraction of sp³-hybridized carbons (Fsp3) is 1.00. The van der Waals surface area contributed by atoms with E-state index < -0.39 is 0 Å². The number of hydrogen-bond donors (Lipinski definition) is 1. The molecule has 1 N–H and O–H groups in total. The van der Waals surface area contributed by atoms with Gasteiger partial charge in [-0.05, 0) is 6.42 Å². The Kier molecular flexibility index (Phi) is 17.9. The van der Waals surface area contributed by atoms with Gasteiger partial charge in [-0.2, -0.15) is 0 Å². The van der Waals surface area contributed by atoms with E-state index in [1.807, 2.05) is 6.92 Å². The zero-order valence-corrected chi connectivity index (χ0v) is 2.86. The molecule has 0 aliphatic heterocycles. The average molecular weight is 100 g/mol. The molecule has 0 spiro atoms. The van der Waals surface area contributed by atoms with E-state index in [0.29, 0.717) is 6.61 Å². The normalized spacial score (nSPS) is 6.00. The van der Waals surface area contributed by atoms with Gasteiger partial charge in [0.1, 0.15) is 0 Å². The van der Waals surface area contributed by atoms with Crippen LogP contribution in [0.15, 0.2) is 0 Å². The van der Waals surface area contributed by atoms with E-state index in [1.54, 1.807) is 0 Å². The summed E-state index contributed by atoms with van der Waals surface area (Å²) in [6, 6.07) is 0. The van der Waals surface area contributed by atoms with Gasteiger partial charge in [0, 0.05) is 6.61 Å². The van der Waals surface area contributed by atoms with Crippen molar-refractivity contribution in [3.05, 3.63) is 0 Å². The van der Waals surface area contributed by atoms with Crippen molar-refractivity contribution in [1.82, 2.24) is 0 Å². The molecule has 0 radical (unpaired) electrons. The Bertz CT molecular complexity index is 8.85. The van der Waals surface area contributed by atoms with Crippen molar-refractivity contribution < 1.29 is 5.11 Å². The summed E-state index contributed by atoms with van der Waals surface area (Å²) >= 11 is 0. The molecule has 0 atom stereocenters. The van der Waals surface area contributed by atoms with E-state index in [-0.39, 0.29) is 51.4 Å². The predicted octanol–water partition coefficient (Wildman–Crippen LogP) is -0.260. The molecule has 0 rings (SSSR count). The zero-order valence-electron chi connectivity index (χ0n) is 2.86. The zero-order chi connectivity index (χ0) is 3.41. The van der Waals surface area contributed by atoms with Gasteiger partial charge in [-0.15, -0.1) is 0 Å². The molecule has 0 bridgehead atoms. The van der Waals surface area contributed by atoms with E-state index in [1.165, 1.54) is 0 Å². The summed E-state index contributed by atoms with van der Waals surface area (Å²) in [5, 5.41) is 7.88. The first kappa shape index (κ1) is 9.78. The topological polar surface area (TPSA) is 20.2 Å². The van der Waals surface area contributed by atoms with E-state index in [0.717, 1.165) is 6.42 Å². The van der Waals surface area contributed by atoms with Gasteiger partial charge in [-0.1, -0.05) is 6.92 Å². The molecule has 5 heavy (non-hydrogen) atoms. The quantitative estimate of drug-likeness (QED) is 0.450. The Balaban J connectivity index is 0. The summed E-state index contributed by atoms with van der Waals surface area (Å²) in [7, 11) is 0. The molecule has 0 aromatic heterocycles. The Hall–Kier alpha value is 1.60. The average Bonchev–Trinajstić information content (AvgIpc) is 1.37. The van der Waals surface area contributed by atoms with Crippen LogP contribution in [0.2, 0.25) is 0 Å². The Morgan fingerprint density at radius 2 is 1.80 bits per heavy atom.